The van der Waals surface area contributed by atoms with E-state index in [1.54, 1.807) is 24.3 Å². The number of aliphatic carboxylic acids is 4. The van der Waals surface area contributed by atoms with Gasteiger partial charge in [-0.05, 0) is 105 Å². The lowest BCUT2D eigenvalue weighted by atomic mass is 10.1. The second kappa shape index (κ2) is 32.0. The van der Waals surface area contributed by atoms with Crippen molar-refractivity contribution in [2.24, 2.45) is 0 Å². The number of carbonyl (C=O) groups excluding carboxylic acids is 5. The Morgan fingerprint density at radius 1 is 0.523 bits per heavy atom. The van der Waals surface area contributed by atoms with Crippen molar-refractivity contribution in [3.8, 4) is 0 Å². The van der Waals surface area contributed by atoms with Crippen LogP contribution < -0.4 is 25.5 Å². The van der Waals surface area contributed by atoms with Crippen LogP contribution in [-0.4, -0.2) is 149 Å². The maximum atomic E-state index is 12.0. The van der Waals surface area contributed by atoms with Crippen molar-refractivity contribution in [3.63, 3.8) is 0 Å². The minimum atomic E-state index is -2.33. The molecule has 2 fully saturated rings. The van der Waals surface area contributed by atoms with Crippen LogP contribution in [-0.2, 0) is 38.1 Å². The number of oxazole rings is 2. The fourth-order valence-corrected chi connectivity index (χ4v) is 8.86. The summed E-state index contributed by atoms with van der Waals surface area (Å²) in [6, 6.07) is 43.2. The summed E-state index contributed by atoms with van der Waals surface area (Å²) < 4.78 is 30.5. The third-order valence-corrected chi connectivity index (χ3v) is 13.7. The Morgan fingerprint density at radius 3 is 1.25 bits per heavy atom. The fourth-order valence-electron chi connectivity index (χ4n) is 8.53. The summed E-state index contributed by atoms with van der Waals surface area (Å²) in [6.07, 6.45) is -6.78. The number of hydrogen-bond donors (Lipinski definition) is 5. The zero-order valence-corrected chi connectivity index (χ0v) is 48.7. The second-order valence-electron chi connectivity index (χ2n) is 19.7. The smallest absolute Gasteiger partial charge is 0.349 e. The molecule has 6 N–H and O–H groups in total. The molecule has 0 saturated carbocycles. The SMILES string of the molecule is CC1CCN(c2nc3cc(Cl)ccc3o2)CCN1.C[C@@H]1CCN(c2nc3cc(Cl)ccc3o2)CC[NH2+]1.O=C(O[C@H](C(=O)O)[C@H](OC(=O)c1ccccc1)C(=O)O)c1ccccc1.O=C(O[C@H](C(=O)[O-])[C@H](OC(=O)c1ccccc1)C(=O)O)c1ccccc1. The second-order valence-corrected chi connectivity index (χ2v) is 20.6. The number of nitrogens with two attached hydrogens (primary N) is 1. The summed E-state index contributed by atoms with van der Waals surface area (Å²) in [7, 11) is 0. The molecular formula is C62H60Cl2N6O18. The maximum absolute atomic E-state index is 12.0. The molecule has 6 aromatic carbocycles. The molecule has 2 aliphatic rings. The molecule has 2 saturated heterocycles. The number of esters is 4. The van der Waals surface area contributed by atoms with Crippen molar-refractivity contribution in [2.75, 3.05) is 49.1 Å². The number of carbonyl (C=O) groups is 8. The van der Waals surface area contributed by atoms with Crippen molar-refractivity contribution in [2.45, 2.75) is 63.2 Å². The van der Waals surface area contributed by atoms with E-state index in [0.29, 0.717) is 28.1 Å². The van der Waals surface area contributed by atoms with E-state index in [1.165, 1.54) is 97.1 Å². The number of halogens is 2. The first-order valence-electron chi connectivity index (χ1n) is 27.4. The molecule has 0 bridgehead atoms. The highest BCUT2D eigenvalue weighted by Crippen LogP contribution is 2.27. The highest BCUT2D eigenvalue weighted by molar-refractivity contribution is 6.31. The molecule has 0 amide bonds. The van der Waals surface area contributed by atoms with Gasteiger partial charge in [-0.3, -0.25) is 0 Å². The first kappa shape index (κ1) is 65.7. The molecular weight excluding hydrogens is 1190 g/mol. The molecule has 4 heterocycles. The van der Waals surface area contributed by atoms with E-state index in [4.69, 9.17) is 51.0 Å². The summed E-state index contributed by atoms with van der Waals surface area (Å²) in [4.78, 5) is 107. The molecule has 0 aliphatic carbocycles. The summed E-state index contributed by atoms with van der Waals surface area (Å²) in [6.45, 7) is 10.4. The van der Waals surface area contributed by atoms with Crippen molar-refractivity contribution in [1.29, 1.82) is 0 Å². The van der Waals surface area contributed by atoms with Crippen LogP contribution in [0.25, 0.3) is 22.2 Å². The van der Waals surface area contributed by atoms with Crippen LogP contribution in [0.1, 0.15) is 68.1 Å². The monoisotopic (exact) mass is 1250 g/mol. The first-order valence-corrected chi connectivity index (χ1v) is 28.1. The zero-order chi connectivity index (χ0) is 63.3. The van der Waals surface area contributed by atoms with Crippen LogP contribution in [0.5, 0.6) is 0 Å². The Labute approximate surface area is 512 Å². The van der Waals surface area contributed by atoms with Crippen LogP contribution in [0.2, 0.25) is 10.0 Å². The lowest BCUT2D eigenvalue weighted by Crippen LogP contribution is -2.89. The summed E-state index contributed by atoms with van der Waals surface area (Å²) in [5.41, 5.74) is 3.30. The van der Waals surface area contributed by atoms with Gasteiger partial charge in [0.15, 0.2) is 17.3 Å². The van der Waals surface area contributed by atoms with Crippen molar-refractivity contribution in [3.05, 3.63) is 190 Å². The molecule has 1 unspecified atom stereocenters. The summed E-state index contributed by atoms with van der Waals surface area (Å²) >= 11 is 11.9. The molecule has 8 aromatic rings. The number of fused-ring (bicyclic) bond motifs is 2. The van der Waals surface area contributed by atoms with E-state index >= 15 is 0 Å². The minimum Gasteiger partial charge on any atom is -0.546 e. The predicted molar refractivity (Wildman–Crippen MR) is 316 cm³/mol. The van der Waals surface area contributed by atoms with Gasteiger partial charge in [-0.15, -0.1) is 0 Å². The molecule has 0 spiro atoms. The number of aromatic nitrogens is 2. The van der Waals surface area contributed by atoms with Gasteiger partial charge in [0, 0.05) is 48.7 Å². The van der Waals surface area contributed by atoms with Crippen LogP contribution in [0.4, 0.5) is 12.0 Å². The predicted octanol–water partition coefficient (Wildman–Crippen LogP) is 6.19. The van der Waals surface area contributed by atoms with Crippen LogP contribution >= 0.6 is 23.2 Å². The van der Waals surface area contributed by atoms with Gasteiger partial charge in [-0.1, -0.05) is 96.0 Å². The maximum Gasteiger partial charge on any atom is 0.349 e. The molecule has 26 heteroatoms. The molecule has 460 valence electrons. The molecule has 2 aromatic heterocycles. The van der Waals surface area contributed by atoms with Crippen LogP contribution in [0, 0.1) is 0 Å². The fraction of sp³-hybridized carbons (Fsp3) is 0.258. The van der Waals surface area contributed by atoms with Gasteiger partial charge in [0.2, 0.25) is 18.3 Å². The van der Waals surface area contributed by atoms with E-state index in [0.717, 1.165) is 80.3 Å². The van der Waals surface area contributed by atoms with E-state index in [9.17, 15) is 58.8 Å². The van der Waals surface area contributed by atoms with Gasteiger partial charge in [0.1, 0.15) is 11.0 Å². The van der Waals surface area contributed by atoms with Gasteiger partial charge in [0.25, 0.3) is 12.0 Å². The number of anilines is 2. The lowest BCUT2D eigenvalue weighted by Gasteiger charge is -2.24. The molecule has 2 aliphatic heterocycles. The van der Waals surface area contributed by atoms with Gasteiger partial charge < -0.3 is 73.4 Å². The number of benzene rings is 6. The Hall–Kier alpha value is -9.88. The first-order chi connectivity index (χ1) is 42.2. The Morgan fingerprint density at radius 2 is 0.875 bits per heavy atom. The Bertz CT molecular complexity index is 3290. The van der Waals surface area contributed by atoms with E-state index < -0.39 is 72.2 Å². The largest absolute Gasteiger partial charge is 0.546 e. The number of ether oxygens (including phenoxy) is 4. The number of carboxylic acid groups (broad SMARTS) is 4. The quantitative estimate of drug-likeness (QED) is 0.0531. The number of hydrogen-bond acceptors (Lipinski definition) is 20. The number of nitrogens with zero attached hydrogens (tertiary/aromatic N) is 4. The number of nitrogens with one attached hydrogen (secondary N) is 1. The van der Waals surface area contributed by atoms with E-state index in [-0.39, 0.29) is 22.3 Å². The number of rotatable bonds is 16. The highest BCUT2D eigenvalue weighted by Gasteiger charge is 2.41. The third kappa shape index (κ3) is 19.1. The Kier molecular flexibility index (Phi) is 23.9. The normalized spacial score (nSPS) is 16.0. The summed E-state index contributed by atoms with van der Waals surface area (Å²) in [5.74, 6) is -11.6. The van der Waals surface area contributed by atoms with Crippen molar-refractivity contribution in [1.82, 2.24) is 15.3 Å². The highest BCUT2D eigenvalue weighted by atomic mass is 35.5. The van der Waals surface area contributed by atoms with Crippen molar-refractivity contribution >= 4 is 105 Å². The zero-order valence-electron chi connectivity index (χ0n) is 47.2. The van der Waals surface area contributed by atoms with Gasteiger partial charge in [-0.25, -0.2) is 33.6 Å². The molecule has 10 rings (SSSR count). The Balaban J connectivity index is 0.000000169. The lowest BCUT2D eigenvalue weighted by molar-refractivity contribution is -0.682. The average molecular weight is 1250 g/mol. The average Bonchev–Trinajstić information content (AvgIpc) is 2.46. The number of carboxylic acids is 4. The van der Waals surface area contributed by atoms with Gasteiger partial charge in [-0.2, -0.15) is 9.97 Å². The van der Waals surface area contributed by atoms with Gasteiger partial charge in [0.05, 0.1) is 47.4 Å². The van der Waals surface area contributed by atoms with Gasteiger partial charge >= 0.3 is 41.8 Å². The molecule has 24 nitrogen and oxygen atoms in total. The molecule has 6 atom stereocenters. The standard InChI is InChI=1S/2C18H14O8.2C13H16ClN3O/c2*19-15(20)13(25-17(23)11-7-3-1-4-8-11)14(16(21)22)26-18(24)12-9-5-2-6-10-12;2*1-9-4-6-17(7-5-15-9)13-16-11-8-10(14)2-3-12(11)18-13/h2*1-10,13-14H,(H,19,20)(H,21,22);2*2-3,8-9,15H,4-7H2,1H3/t2*13-,14-;9-;/m001./s1. The number of quaternary nitrogens is 1. The third-order valence-electron chi connectivity index (χ3n) is 13.2. The van der Waals surface area contributed by atoms with Crippen molar-refractivity contribution < 1.29 is 91.9 Å². The van der Waals surface area contributed by atoms with Crippen LogP contribution in [0.15, 0.2) is 167 Å². The summed E-state index contributed by atoms with van der Waals surface area (Å²) in [5, 5.41) is 46.2. The van der Waals surface area contributed by atoms with E-state index in [2.05, 4.69) is 44.2 Å². The van der Waals surface area contributed by atoms with Crippen LogP contribution in [0.3, 0.4) is 0 Å². The molecule has 88 heavy (non-hydrogen) atoms. The minimum absolute atomic E-state index is 0.00252. The topological polar surface area (TPSA) is 344 Å². The molecule has 0 radical (unpaired) electrons. The van der Waals surface area contributed by atoms with E-state index in [1.807, 2.05) is 36.4 Å².